The fourth-order valence-corrected chi connectivity index (χ4v) is 4.40. The van der Waals surface area contributed by atoms with Crippen LogP contribution in [0.15, 0.2) is 66.7 Å². The molecule has 0 spiro atoms. The van der Waals surface area contributed by atoms with Gasteiger partial charge in [-0.15, -0.1) is 0 Å². The van der Waals surface area contributed by atoms with Gasteiger partial charge in [0.15, 0.2) is 0 Å². The predicted molar refractivity (Wildman–Crippen MR) is 126 cm³/mol. The first-order valence-electron chi connectivity index (χ1n) is 11.4. The molecule has 1 aromatic heterocycles. The molecule has 0 radical (unpaired) electrons. The third-order valence-electron chi connectivity index (χ3n) is 6.08. The number of benzene rings is 2. The van der Waals surface area contributed by atoms with Crippen molar-refractivity contribution in [2.75, 3.05) is 27.2 Å². The Hall–Kier alpha value is -3.19. The minimum Gasteiger partial charge on any atom is -0.338 e. The van der Waals surface area contributed by atoms with Gasteiger partial charge in [-0.25, -0.2) is 0 Å². The van der Waals surface area contributed by atoms with Crippen LogP contribution in [0.25, 0.3) is 11.3 Å². The molecule has 0 aliphatic carbocycles. The molecule has 1 aliphatic rings. The van der Waals surface area contributed by atoms with Gasteiger partial charge in [-0.05, 0) is 68.9 Å². The first kappa shape index (κ1) is 24.0. The standard InChI is InChI=1S/C27H28F3N3O/c1-32(2)17-19-11-13-20(14-12-19)26(34)33-15-5-7-22(18-33)25-10-4-9-24(31-25)21-6-3-8-23(16-21)27(28,29)30/h3-4,6,8-14,16,22H,5,7,15,17-18H2,1-2H3. The summed E-state index contributed by atoms with van der Waals surface area (Å²) in [6.45, 7) is 2.04. The second-order valence-electron chi connectivity index (χ2n) is 9.05. The summed E-state index contributed by atoms with van der Waals surface area (Å²) in [6, 6.07) is 18.4. The maximum Gasteiger partial charge on any atom is 0.416 e. The minimum absolute atomic E-state index is 0.00450. The zero-order valence-electron chi connectivity index (χ0n) is 19.3. The lowest BCUT2D eigenvalue weighted by atomic mass is 9.93. The van der Waals surface area contributed by atoms with E-state index in [1.54, 1.807) is 12.1 Å². The van der Waals surface area contributed by atoms with E-state index in [4.69, 9.17) is 0 Å². The Morgan fingerprint density at radius 1 is 1.06 bits per heavy atom. The third-order valence-corrected chi connectivity index (χ3v) is 6.08. The highest BCUT2D eigenvalue weighted by atomic mass is 19.4. The average molecular weight is 468 g/mol. The van der Waals surface area contributed by atoms with E-state index in [1.165, 1.54) is 6.07 Å². The molecule has 0 N–H and O–H groups in total. The van der Waals surface area contributed by atoms with E-state index in [0.717, 1.165) is 42.8 Å². The molecule has 1 amide bonds. The highest BCUT2D eigenvalue weighted by Gasteiger charge is 2.31. The zero-order chi connectivity index (χ0) is 24.3. The van der Waals surface area contributed by atoms with Crippen molar-refractivity contribution in [3.63, 3.8) is 0 Å². The Labute approximate surface area is 198 Å². The van der Waals surface area contributed by atoms with Crippen LogP contribution < -0.4 is 0 Å². The number of nitrogens with zero attached hydrogens (tertiary/aromatic N) is 3. The first-order valence-corrected chi connectivity index (χ1v) is 11.4. The number of likely N-dealkylation sites (tertiary alicyclic amines) is 1. The van der Waals surface area contributed by atoms with Crippen molar-refractivity contribution in [3.05, 3.63) is 89.1 Å². The van der Waals surface area contributed by atoms with Crippen molar-refractivity contribution in [1.82, 2.24) is 14.8 Å². The van der Waals surface area contributed by atoms with E-state index in [-0.39, 0.29) is 11.8 Å². The van der Waals surface area contributed by atoms with E-state index >= 15 is 0 Å². The number of piperidine rings is 1. The van der Waals surface area contributed by atoms with Crippen molar-refractivity contribution in [3.8, 4) is 11.3 Å². The average Bonchev–Trinajstić information content (AvgIpc) is 2.83. The Kier molecular flexibility index (Phi) is 7.03. The molecule has 1 fully saturated rings. The minimum atomic E-state index is -4.40. The van der Waals surface area contributed by atoms with E-state index in [0.29, 0.717) is 29.9 Å². The number of hydrogen-bond acceptors (Lipinski definition) is 3. The lowest BCUT2D eigenvalue weighted by Crippen LogP contribution is -2.39. The van der Waals surface area contributed by atoms with Crippen LogP contribution in [0.3, 0.4) is 0 Å². The van der Waals surface area contributed by atoms with E-state index in [1.807, 2.05) is 55.4 Å². The molecular weight excluding hydrogens is 439 g/mol. The monoisotopic (exact) mass is 467 g/mol. The summed E-state index contributed by atoms with van der Waals surface area (Å²) in [5.74, 6) is 0.0339. The molecule has 0 saturated carbocycles. The van der Waals surface area contributed by atoms with Gasteiger partial charge >= 0.3 is 6.18 Å². The number of carbonyl (C=O) groups excluding carboxylic acids is 1. The van der Waals surface area contributed by atoms with Gasteiger partial charge in [-0.1, -0.05) is 30.3 Å². The number of halogens is 3. The molecule has 4 rings (SSSR count). The normalized spacial score (nSPS) is 16.6. The smallest absolute Gasteiger partial charge is 0.338 e. The highest BCUT2D eigenvalue weighted by Crippen LogP contribution is 2.33. The van der Waals surface area contributed by atoms with Gasteiger partial charge < -0.3 is 9.80 Å². The number of pyridine rings is 1. The first-order chi connectivity index (χ1) is 16.2. The molecule has 34 heavy (non-hydrogen) atoms. The molecule has 1 atom stereocenters. The lowest BCUT2D eigenvalue weighted by molar-refractivity contribution is -0.137. The van der Waals surface area contributed by atoms with Gasteiger partial charge in [-0.3, -0.25) is 9.78 Å². The summed E-state index contributed by atoms with van der Waals surface area (Å²) in [5.41, 5.74) is 2.85. The second kappa shape index (κ2) is 9.97. The Balaban J connectivity index is 1.50. The number of hydrogen-bond donors (Lipinski definition) is 0. The molecule has 2 aromatic carbocycles. The summed E-state index contributed by atoms with van der Waals surface area (Å²) in [7, 11) is 4.01. The van der Waals surface area contributed by atoms with Crippen LogP contribution in [0.1, 0.15) is 45.9 Å². The number of amides is 1. The largest absolute Gasteiger partial charge is 0.416 e. The van der Waals surface area contributed by atoms with Crippen LogP contribution in [0, 0.1) is 0 Å². The molecule has 1 saturated heterocycles. The van der Waals surface area contributed by atoms with Gasteiger partial charge in [0.1, 0.15) is 0 Å². The van der Waals surface area contributed by atoms with Crippen LogP contribution in [0.2, 0.25) is 0 Å². The quantitative estimate of drug-likeness (QED) is 0.472. The summed E-state index contributed by atoms with van der Waals surface area (Å²) in [5, 5.41) is 0. The molecule has 1 aliphatic heterocycles. The third kappa shape index (κ3) is 5.65. The fraction of sp³-hybridized carbons (Fsp3) is 0.333. The van der Waals surface area contributed by atoms with E-state index < -0.39 is 11.7 Å². The van der Waals surface area contributed by atoms with Gasteiger partial charge in [-0.2, -0.15) is 13.2 Å². The number of carbonyl (C=O) groups is 1. The summed E-state index contributed by atoms with van der Waals surface area (Å²) in [4.78, 5) is 21.7. The van der Waals surface area contributed by atoms with Gasteiger partial charge in [0.05, 0.1) is 11.3 Å². The Morgan fingerprint density at radius 3 is 2.50 bits per heavy atom. The van der Waals surface area contributed by atoms with Gasteiger partial charge in [0.25, 0.3) is 5.91 Å². The summed E-state index contributed by atoms with van der Waals surface area (Å²) in [6.07, 6.45) is -2.67. The van der Waals surface area contributed by atoms with Crippen molar-refractivity contribution in [2.24, 2.45) is 0 Å². The molecule has 7 heteroatoms. The van der Waals surface area contributed by atoms with Crippen molar-refractivity contribution < 1.29 is 18.0 Å². The van der Waals surface area contributed by atoms with Crippen LogP contribution in [0.5, 0.6) is 0 Å². The number of alkyl halides is 3. The van der Waals surface area contributed by atoms with Gasteiger partial charge in [0.2, 0.25) is 0 Å². The highest BCUT2D eigenvalue weighted by molar-refractivity contribution is 5.94. The van der Waals surface area contributed by atoms with Crippen LogP contribution in [0.4, 0.5) is 13.2 Å². The van der Waals surface area contributed by atoms with E-state index in [2.05, 4.69) is 9.88 Å². The molecular formula is C27H28F3N3O. The molecule has 2 heterocycles. The zero-order valence-corrected chi connectivity index (χ0v) is 19.3. The molecule has 0 bridgehead atoms. The van der Waals surface area contributed by atoms with Crippen LogP contribution in [-0.4, -0.2) is 47.9 Å². The molecule has 178 valence electrons. The SMILES string of the molecule is CN(C)Cc1ccc(C(=O)N2CCCC(c3cccc(-c4cccc(C(F)(F)F)c4)n3)C2)cc1. The summed E-state index contributed by atoms with van der Waals surface area (Å²) >= 11 is 0. The molecule has 3 aromatic rings. The van der Waals surface area contributed by atoms with Crippen LogP contribution >= 0.6 is 0 Å². The topological polar surface area (TPSA) is 36.4 Å². The van der Waals surface area contributed by atoms with Crippen molar-refractivity contribution in [1.29, 1.82) is 0 Å². The van der Waals surface area contributed by atoms with Gasteiger partial charge in [0, 0.05) is 42.4 Å². The number of rotatable bonds is 5. The molecule has 4 nitrogen and oxygen atoms in total. The number of aromatic nitrogens is 1. The lowest BCUT2D eigenvalue weighted by Gasteiger charge is -2.32. The van der Waals surface area contributed by atoms with Crippen LogP contribution in [-0.2, 0) is 12.7 Å². The predicted octanol–water partition coefficient (Wildman–Crippen LogP) is 5.85. The Bertz CT molecular complexity index is 1140. The van der Waals surface area contributed by atoms with E-state index in [9.17, 15) is 18.0 Å². The maximum absolute atomic E-state index is 13.1. The Morgan fingerprint density at radius 2 is 1.79 bits per heavy atom. The second-order valence-corrected chi connectivity index (χ2v) is 9.05. The van der Waals surface area contributed by atoms with Crippen molar-refractivity contribution >= 4 is 5.91 Å². The summed E-state index contributed by atoms with van der Waals surface area (Å²) < 4.78 is 39.4. The molecule has 1 unspecified atom stereocenters. The maximum atomic E-state index is 13.1. The van der Waals surface area contributed by atoms with Crippen molar-refractivity contribution in [2.45, 2.75) is 31.5 Å². The fourth-order valence-electron chi connectivity index (χ4n) is 4.40.